The van der Waals surface area contributed by atoms with E-state index in [-0.39, 0.29) is 0 Å². The van der Waals surface area contributed by atoms with Crippen LogP contribution in [0.2, 0.25) is 0 Å². The molecular formula is C18H26N4OS2. The maximum absolute atomic E-state index is 5.46. The van der Waals surface area contributed by atoms with Gasteiger partial charge >= 0.3 is 0 Å². The van der Waals surface area contributed by atoms with Crippen LogP contribution in [0.3, 0.4) is 0 Å². The molecule has 1 aliphatic rings. The van der Waals surface area contributed by atoms with Crippen molar-refractivity contribution in [3.8, 4) is 0 Å². The van der Waals surface area contributed by atoms with Crippen LogP contribution in [0.1, 0.15) is 13.8 Å². The van der Waals surface area contributed by atoms with E-state index in [0.717, 1.165) is 55.5 Å². The van der Waals surface area contributed by atoms with E-state index in [1.165, 1.54) is 4.90 Å². The molecule has 25 heavy (non-hydrogen) atoms. The van der Waals surface area contributed by atoms with Crippen LogP contribution in [0.5, 0.6) is 0 Å². The zero-order valence-electron chi connectivity index (χ0n) is 14.9. The molecule has 2 heterocycles. The van der Waals surface area contributed by atoms with E-state index in [0.29, 0.717) is 5.92 Å². The van der Waals surface area contributed by atoms with Crippen LogP contribution in [0.25, 0.3) is 0 Å². The van der Waals surface area contributed by atoms with E-state index in [1.807, 2.05) is 11.8 Å². The lowest BCUT2D eigenvalue weighted by atomic mass is 10.2. The molecule has 1 aromatic carbocycles. The summed E-state index contributed by atoms with van der Waals surface area (Å²) in [6, 6.07) is 10.5. The molecule has 1 fully saturated rings. The summed E-state index contributed by atoms with van der Waals surface area (Å²) in [6.45, 7) is 8.75. The van der Waals surface area contributed by atoms with Gasteiger partial charge in [0, 0.05) is 36.0 Å². The average Bonchev–Trinajstić information content (AvgIpc) is 3.02. The zero-order valence-corrected chi connectivity index (χ0v) is 16.6. The van der Waals surface area contributed by atoms with Crippen molar-refractivity contribution in [1.29, 1.82) is 0 Å². The Kier molecular flexibility index (Phi) is 7.07. The van der Waals surface area contributed by atoms with Crippen LogP contribution in [0.15, 0.2) is 40.4 Å². The molecule has 0 atom stereocenters. The van der Waals surface area contributed by atoms with Crippen molar-refractivity contribution in [2.75, 3.05) is 42.7 Å². The smallest absolute Gasteiger partial charge is 0.228 e. The highest BCUT2D eigenvalue weighted by Crippen LogP contribution is 2.26. The van der Waals surface area contributed by atoms with Gasteiger partial charge in [0.2, 0.25) is 5.95 Å². The molecule has 5 nitrogen and oxygen atoms in total. The maximum atomic E-state index is 5.46. The molecule has 0 aliphatic carbocycles. The molecule has 0 amide bonds. The molecule has 0 N–H and O–H groups in total. The Balaban J connectivity index is 1.60. The highest BCUT2D eigenvalue weighted by atomic mass is 32.2. The number of hydrogen-bond donors (Lipinski definition) is 0. The van der Waals surface area contributed by atoms with Crippen molar-refractivity contribution in [3.05, 3.63) is 30.3 Å². The van der Waals surface area contributed by atoms with Gasteiger partial charge < -0.3 is 9.64 Å². The fraction of sp³-hybridized carbons (Fsp3) is 0.556. The predicted molar refractivity (Wildman–Crippen MR) is 106 cm³/mol. The van der Waals surface area contributed by atoms with E-state index in [4.69, 9.17) is 4.74 Å². The molecule has 1 aliphatic heterocycles. The Morgan fingerprint density at radius 2 is 1.76 bits per heavy atom. The maximum Gasteiger partial charge on any atom is 0.228 e. The molecule has 1 aromatic heterocycles. The van der Waals surface area contributed by atoms with Crippen LogP contribution in [0.4, 0.5) is 5.95 Å². The lowest BCUT2D eigenvalue weighted by molar-refractivity contribution is 0.121. The second kappa shape index (κ2) is 9.50. The molecule has 2 aromatic rings. The van der Waals surface area contributed by atoms with Crippen LogP contribution >= 0.6 is 23.5 Å². The summed E-state index contributed by atoms with van der Waals surface area (Å²) in [7, 11) is 0. The molecule has 0 unspecified atom stereocenters. The normalized spacial score (nSPS) is 15.1. The highest BCUT2D eigenvalue weighted by molar-refractivity contribution is 8.02. The monoisotopic (exact) mass is 378 g/mol. The molecular weight excluding hydrogens is 352 g/mol. The summed E-state index contributed by atoms with van der Waals surface area (Å²) in [4.78, 5) is 3.61. The van der Waals surface area contributed by atoms with Gasteiger partial charge in [-0.2, -0.15) is 0 Å². The first kappa shape index (κ1) is 18.6. The molecule has 0 saturated carbocycles. The van der Waals surface area contributed by atoms with Gasteiger partial charge in [-0.3, -0.25) is 4.57 Å². The molecule has 0 spiro atoms. The van der Waals surface area contributed by atoms with Crippen molar-refractivity contribution >= 4 is 29.5 Å². The SMILES string of the molecule is CC(C)Cn1c(SCCSc2ccccc2)nnc1N1CCOCC1. The van der Waals surface area contributed by atoms with Gasteiger partial charge in [0.05, 0.1) is 13.2 Å². The lowest BCUT2D eigenvalue weighted by Crippen LogP contribution is -2.38. The predicted octanol–water partition coefficient (Wildman–Crippen LogP) is 3.66. The van der Waals surface area contributed by atoms with E-state index in [2.05, 4.69) is 63.8 Å². The second-order valence-corrected chi connectivity index (χ2v) is 8.63. The van der Waals surface area contributed by atoms with Gasteiger partial charge in [0.25, 0.3) is 0 Å². The number of thioether (sulfide) groups is 2. The molecule has 1 saturated heterocycles. The minimum atomic E-state index is 0.564. The minimum Gasteiger partial charge on any atom is -0.378 e. The molecule has 0 radical (unpaired) electrons. The summed E-state index contributed by atoms with van der Waals surface area (Å²) in [5.74, 6) is 3.65. The van der Waals surface area contributed by atoms with Crippen LogP contribution in [-0.2, 0) is 11.3 Å². The van der Waals surface area contributed by atoms with Gasteiger partial charge in [-0.05, 0) is 18.1 Å². The van der Waals surface area contributed by atoms with Gasteiger partial charge in [0.15, 0.2) is 5.16 Å². The number of hydrogen-bond acceptors (Lipinski definition) is 6. The Bertz CT molecular complexity index is 642. The third-order valence-electron chi connectivity index (χ3n) is 3.87. The summed E-state index contributed by atoms with van der Waals surface area (Å²) in [5, 5.41) is 9.99. The fourth-order valence-corrected chi connectivity index (χ4v) is 4.56. The zero-order chi connectivity index (χ0) is 17.5. The van der Waals surface area contributed by atoms with Gasteiger partial charge in [-0.25, -0.2) is 0 Å². The first-order chi connectivity index (χ1) is 12.2. The van der Waals surface area contributed by atoms with Gasteiger partial charge in [-0.1, -0.05) is 43.8 Å². The number of benzene rings is 1. The first-order valence-corrected chi connectivity index (χ1v) is 10.8. The molecule has 7 heteroatoms. The number of ether oxygens (including phenoxy) is 1. The fourth-order valence-electron chi connectivity index (χ4n) is 2.72. The molecule has 136 valence electrons. The standard InChI is InChI=1S/C18H26N4OS2/c1-15(2)14-22-17(21-8-10-23-11-9-21)19-20-18(22)25-13-12-24-16-6-4-3-5-7-16/h3-7,15H,8-14H2,1-2H3. The average molecular weight is 379 g/mol. The Hall–Kier alpha value is -1.18. The number of nitrogens with zero attached hydrogens (tertiary/aromatic N) is 4. The summed E-state index contributed by atoms with van der Waals surface area (Å²) in [5.41, 5.74) is 0. The van der Waals surface area contributed by atoms with E-state index < -0.39 is 0 Å². The third kappa shape index (κ3) is 5.39. The van der Waals surface area contributed by atoms with Crippen molar-refractivity contribution < 1.29 is 4.74 Å². The third-order valence-corrected chi connectivity index (χ3v) is 6.11. The van der Waals surface area contributed by atoms with Crippen molar-refractivity contribution in [2.24, 2.45) is 5.92 Å². The topological polar surface area (TPSA) is 43.2 Å². The summed E-state index contributed by atoms with van der Waals surface area (Å²) < 4.78 is 7.75. The number of morpholine rings is 1. The summed E-state index contributed by atoms with van der Waals surface area (Å²) >= 11 is 3.69. The van der Waals surface area contributed by atoms with E-state index >= 15 is 0 Å². The van der Waals surface area contributed by atoms with Crippen LogP contribution in [-0.4, -0.2) is 52.6 Å². The quantitative estimate of drug-likeness (QED) is 0.516. The Labute approximate surface area is 158 Å². The Morgan fingerprint density at radius 3 is 2.48 bits per heavy atom. The number of rotatable bonds is 8. The second-order valence-electron chi connectivity index (χ2n) is 6.40. The van der Waals surface area contributed by atoms with Crippen LogP contribution < -0.4 is 4.90 Å². The van der Waals surface area contributed by atoms with Crippen LogP contribution in [0, 0.1) is 5.92 Å². The van der Waals surface area contributed by atoms with E-state index in [1.54, 1.807) is 11.8 Å². The van der Waals surface area contributed by atoms with E-state index in [9.17, 15) is 0 Å². The highest BCUT2D eigenvalue weighted by Gasteiger charge is 2.21. The van der Waals surface area contributed by atoms with Gasteiger partial charge in [0.1, 0.15) is 0 Å². The lowest BCUT2D eigenvalue weighted by Gasteiger charge is -2.28. The van der Waals surface area contributed by atoms with Gasteiger partial charge in [-0.15, -0.1) is 22.0 Å². The van der Waals surface area contributed by atoms with Crippen molar-refractivity contribution in [1.82, 2.24) is 14.8 Å². The van der Waals surface area contributed by atoms with Crippen molar-refractivity contribution in [3.63, 3.8) is 0 Å². The number of aromatic nitrogens is 3. The summed E-state index contributed by atoms with van der Waals surface area (Å²) in [6.07, 6.45) is 0. The molecule has 0 bridgehead atoms. The Morgan fingerprint density at radius 1 is 1.04 bits per heavy atom. The first-order valence-electron chi connectivity index (χ1n) is 8.80. The molecule has 3 rings (SSSR count). The number of anilines is 1. The van der Waals surface area contributed by atoms with Crippen molar-refractivity contribution in [2.45, 2.75) is 30.4 Å². The minimum absolute atomic E-state index is 0.564. The largest absolute Gasteiger partial charge is 0.378 e.